The molecule has 2 aliphatic rings. The summed E-state index contributed by atoms with van der Waals surface area (Å²) in [4.78, 5) is 34.3. The van der Waals surface area contributed by atoms with Gasteiger partial charge in [-0.3, -0.25) is 19.5 Å². The summed E-state index contributed by atoms with van der Waals surface area (Å²) in [5, 5.41) is 0. The molecule has 1 aliphatic carbocycles. The third-order valence-electron chi connectivity index (χ3n) is 5.43. The average molecular weight is 393 g/mol. The molecular formula is C23H27N3O3. The number of fused-ring (bicyclic) bond motifs is 1. The van der Waals surface area contributed by atoms with Gasteiger partial charge in [0, 0.05) is 12.2 Å². The van der Waals surface area contributed by atoms with Crippen molar-refractivity contribution in [2.45, 2.75) is 52.3 Å². The number of anilines is 1. The minimum absolute atomic E-state index is 0.0163. The Morgan fingerprint density at radius 2 is 2.07 bits per heavy atom. The Balaban J connectivity index is 1.60. The SMILES string of the molecule is Cc1ccc2c(c1)N(CC(=O)N(Cc1ccccn1)C1CC1)C(=O)[C@@H](C(C)C)O2. The first-order valence-corrected chi connectivity index (χ1v) is 10.2. The van der Waals surface area contributed by atoms with Gasteiger partial charge in [-0.25, -0.2) is 0 Å². The summed E-state index contributed by atoms with van der Waals surface area (Å²) in [5.41, 5.74) is 2.55. The second-order valence-corrected chi connectivity index (χ2v) is 8.25. The molecule has 4 rings (SSSR count). The summed E-state index contributed by atoms with van der Waals surface area (Å²) in [7, 11) is 0. The van der Waals surface area contributed by atoms with Crippen molar-refractivity contribution in [2.75, 3.05) is 11.4 Å². The number of aryl methyl sites for hydroxylation is 1. The summed E-state index contributed by atoms with van der Waals surface area (Å²) in [6.45, 7) is 6.37. The van der Waals surface area contributed by atoms with Gasteiger partial charge in [-0.1, -0.05) is 26.0 Å². The van der Waals surface area contributed by atoms with Crippen LogP contribution in [-0.4, -0.2) is 40.4 Å². The molecule has 152 valence electrons. The van der Waals surface area contributed by atoms with Gasteiger partial charge in [0.25, 0.3) is 5.91 Å². The van der Waals surface area contributed by atoms with Crippen molar-refractivity contribution >= 4 is 17.5 Å². The average Bonchev–Trinajstić information content (AvgIpc) is 3.54. The van der Waals surface area contributed by atoms with Gasteiger partial charge in [0.05, 0.1) is 17.9 Å². The quantitative estimate of drug-likeness (QED) is 0.755. The Hall–Kier alpha value is -2.89. The first kappa shape index (κ1) is 19.4. The molecule has 1 fully saturated rings. The molecule has 1 aromatic heterocycles. The molecule has 6 heteroatoms. The van der Waals surface area contributed by atoms with Crippen molar-refractivity contribution in [3.05, 3.63) is 53.9 Å². The molecule has 2 heterocycles. The highest BCUT2D eigenvalue weighted by atomic mass is 16.5. The van der Waals surface area contributed by atoms with Crippen molar-refractivity contribution in [2.24, 2.45) is 5.92 Å². The van der Waals surface area contributed by atoms with E-state index in [1.54, 1.807) is 11.1 Å². The fourth-order valence-electron chi connectivity index (χ4n) is 3.68. The van der Waals surface area contributed by atoms with Crippen molar-refractivity contribution < 1.29 is 14.3 Å². The van der Waals surface area contributed by atoms with Gasteiger partial charge in [-0.05, 0) is 55.5 Å². The third kappa shape index (κ3) is 4.11. The molecule has 6 nitrogen and oxygen atoms in total. The van der Waals surface area contributed by atoms with E-state index in [4.69, 9.17) is 4.74 Å². The van der Waals surface area contributed by atoms with Crippen LogP contribution in [0.2, 0.25) is 0 Å². The minimum atomic E-state index is -0.580. The van der Waals surface area contributed by atoms with E-state index >= 15 is 0 Å². The van der Waals surface area contributed by atoms with Crippen molar-refractivity contribution in [1.29, 1.82) is 0 Å². The van der Waals surface area contributed by atoms with Crippen molar-refractivity contribution in [3.63, 3.8) is 0 Å². The summed E-state index contributed by atoms with van der Waals surface area (Å²) < 4.78 is 5.96. The van der Waals surface area contributed by atoms with E-state index in [9.17, 15) is 9.59 Å². The second-order valence-electron chi connectivity index (χ2n) is 8.25. The number of ether oxygens (including phenoxy) is 1. The number of benzene rings is 1. The highest BCUT2D eigenvalue weighted by Gasteiger charge is 2.39. The van der Waals surface area contributed by atoms with Crippen LogP contribution in [0.15, 0.2) is 42.6 Å². The van der Waals surface area contributed by atoms with E-state index in [1.807, 2.05) is 62.1 Å². The van der Waals surface area contributed by atoms with E-state index in [2.05, 4.69) is 4.98 Å². The zero-order chi connectivity index (χ0) is 20.5. The van der Waals surface area contributed by atoms with Crippen LogP contribution in [0.4, 0.5) is 5.69 Å². The maximum absolute atomic E-state index is 13.3. The number of carbonyl (C=O) groups excluding carboxylic acids is 2. The molecule has 0 spiro atoms. The maximum Gasteiger partial charge on any atom is 0.268 e. The summed E-state index contributed by atoms with van der Waals surface area (Å²) in [6, 6.07) is 11.7. The van der Waals surface area contributed by atoms with Crippen LogP contribution in [0.1, 0.15) is 37.9 Å². The molecule has 0 saturated heterocycles. The van der Waals surface area contributed by atoms with Crippen molar-refractivity contribution in [3.8, 4) is 5.75 Å². The number of nitrogens with zero attached hydrogens (tertiary/aromatic N) is 3. The second kappa shape index (κ2) is 7.85. The lowest BCUT2D eigenvalue weighted by molar-refractivity contribution is -0.135. The summed E-state index contributed by atoms with van der Waals surface area (Å²) in [6.07, 6.45) is 3.16. The van der Waals surface area contributed by atoms with Gasteiger partial charge >= 0.3 is 0 Å². The number of pyridine rings is 1. The molecular weight excluding hydrogens is 366 g/mol. The van der Waals surface area contributed by atoms with Crippen LogP contribution in [0.5, 0.6) is 5.75 Å². The van der Waals surface area contributed by atoms with Crippen LogP contribution in [0.25, 0.3) is 0 Å². The first-order valence-electron chi connectivity index (χ1n) is 10.2. The highest BCUT2D eigenvalue weighted by Crippen LogP contribution is 2.37. The molecule has 0 bridgehead atoms. The Morgan fingerprint density at radius 1 is 1.28 bits per heavy atom. The number of amides is 2. The Kier molecular flexibility index (Phi) is 5.26. The molecule has 2 amide bonds. The number of hydrogen-bond donors (Lipinski definition) is 0. The fourth-order valence-corrected chi connectivity index (χ4v) is 3.68. The standard InChI is InChI=1S/C23H27N3O3/c1-15(2)22-23(28)26(19-12-16(3)7-10-20(19)29-22)14-21(27)25(18-8-9-18)13-17-6-4-5-11-24-17/h4-7,10-12,15,18,22H,8-9,13-14H2,1-3H3/t22-/m1/s1. The molecule has 0 unspecified atom stereocenters. The van der Waals surface area contributed by atoms with E-state index in [0.717, 1.165) is 24.1 Å². The molecule has 0 radical (unpaired) electrons. The monoisotopic (exact) mass is 393 g/mol. The molecule has 1 saturated carbocycles. The number of rotatable bonds is 6. The Labute approximate surface area is 171 Å². The van der Waals surface area contributed by atoms with Crippen LogP contribution in [0.3, 0.4) is 0 Å². The fraction of sp³-hybridized carbons (Fsp3) is 0.435. The predicted octanol–water partition coefficient (Wildman–Crippen LogP) is 3.33. The third-order valence-corrected chi connectivity index (χ3v) is 5.43. The summed E-state index contributed by atoms with van der Waals surface area (Å²) in [5.74, 6) is 0.468. The largest absolute Gasteiger partial charge is 0.478 e. The van der Waals surface area contributed by atoms with E-state index in [1.165, 1.54) is 0 Å². The van der Waals surface area contributed by atoms with Crippen LogP contribution >= 0.6 is 0 Å². The number of aromatic nitrogens is 1. The molecule has 29 heavy (non-hydrogen) atoms. The number of carbonyl (C=O) groups is 2. The van der Waals surface area contributed by atoms with E-state index in [-0.39, 0.29) is 30.3 Å². The minimum Gasteiger partial charge on any atom is -0.478 e. The van der Waals surface area contributed by atoms with Gasteiger partial charge in [0.15, 0.2) is 6.10 Å². The first-order chi connectivity index (χ1) is 13.9. The molecule has 1 atom stereocenters. The Morgan fingerprint density at radius 3 is 2.72 bits per heavy atom. The smallest absolute Gasteiger partial charge is 0.268 e. The van der Waals surface area contributed by atoms with E-state index in [0.29, 0.717) is 18.0 Å². The molecule has 1 aromatic carbocycles. The Bertz CT molecular complexity index is 909. The van der Waals surface area contributed by atoms with Crippen LogP contribution < -0.4 is 9.64 Å². The van der Waals surface area contributed by atoms with Gasteiger partial charge in [-0.15, -0.1) is 0 Å². The zero-order valence-electron chi connectivity index (χ0n) is 17.2. The molecule has 0 N–H and O–H groups in total. The predicted molar refractivity (Wildman–Crippen MR) is 111 cm³/mol. The lowest BCUT2D eigenvalue weighted by atomic mass is 10.0. The molecule has 2 aromatic rings. The topological polar surface area (TPSA) is 62.7 Å². The van der Waals surface area contributed by atoms with E-state index < -0.39 is 6.10 Å². The van der Waals surface area contributed by atoms with Crippen LogP contribution in [0, 0.1) is 12.8 Å². The van der Waals surface area contributed by atoms with Gasteiger partial charge in [0.2, 0.25) is 5.91 Å². The zero-order valence-corrected chi connectivity index (χ0v) is 17.2. The summed E-state index contributed by atoms with van der Waals surface area (Å²) >= 11 is 0. The van der Waals surface area contributed by atoms with Crippen molar-refractivity contribution in [1.82, 2.24) is 9.88 Å². The van der Waals surface area contributed by atoms with Crippen LogP contribution in [-0.2, 0) is 16.1 Å². The highest BCUT2D eigenvalue weighted by molar-refractivity contribution is 6.04. The normalized spacial score (nSPS) is 18.4. The number of hydrogen-bond acceptors (Lipinski definition) is 4. The lowest BCUT2D eigenvalue weighted by Gasteiger charge is -2.36. The van der Waals surface area contributed by atoms with Gasteiger partial charge in [-0.2, -0.15) is 0 Å². The molecule has 1 aliphatic heterocycles. The van der Waals surface area contributed by atoms with Gasteiger partial charge in [0.1, 0.15) is 12.3 Å². The lowest BCUT2D eigenvalue weighted by Crippen LogP contribution is -2.52. The maximum atomic E-state index is 13.3. The van der Waals surface area contributed by atoms with Gasteiger partial charge < -0.3 is 9.64 Å².